The molecule has 0 fully saturated rings. The van der Waals surface area contributed by atoms with Crippen molar-refractivity contribution < 1.29 is 4.79 Å². The third-order valence-electron chi connectivity index (χ3n) is 2.48. The van der Waals surface area contributed by atoms with Gasteiger partial charge in [0.1, 0.15) is 5.82 Å². The standard InChI is InChI=1S/C12H12BrN3OS/c1-6-3-10(18-7(6)2)12(17)16-11-9(13)4-8(14)5-15-11/h3-5H,14H2,1-2H3,(H,15,16,17). The van der Waals surface area contributed by atoms with Crippen molar-refractivity contribution >= 4 is 44.7 Å². The van der Waals surface area contributed by atoms with Gasteiger partial charge in [-0.15, -0.1) is 11.3 Å². The van der Waals surface area contributed by atoms with E-state index in [1.54, 1.807) is 6.07 Å². The van der Waals surface area contributed by atoms with E-state index < -0.39 is 0 Å². The van der Waals surface area contributed by atoms with E-state index in [0.29, 0.717) is 20.9 Å². The Balaban J connectivity index is 2.21. The Morgan fingerprint density at radius 2 is 2.17 bits per heavy atom. The second-order valence-electron chi connectivity index (χ2n) is 3.90. The van der Waals surface area contributed by atoms with Crippen LogP contribution in [0.1, 0.15) is 20.1 Å². The lowest BCUT2D eigenvalue weighted by molar-refractivity contribution is 0.103. The fourth-order valence-corrected chi connectivity index (χ4v) is 2.79. The molecular weight excluding hydrogens is 314 g/mol. The summed E-state index contributed by atoms with van der Waals surface area (Å²) in [7, 11) is 0. The lowest BCUT2D eigenvalue weighted by atomic mass is 10.3. The third-order valence-corrected chi connectivity index (χ3v) is 4.24. The number of nitrogens with one attached hydrogen (secondary N) is 1. The molecule has 0 unspecified atom stereocenters. The Morgan fingerprint density at radius 3 is 2.72 bits per heavy atom. The lowest BCUT2D eigenvalue weighted by Crippen LogP contribution is -2.12. The predicted octanol–water partition coefficient (Wildman–Crippen LogP) is 3.36. The highest BCUT2D eigenvalue weighted by molar-refractivity contribution is 9.10. The summed E-state index contributed by atoms with van der Waals surface area (Å²) < 4.78 is 0.667. The number of anilines is 2. The number of aromatic nitrogens is 1. The second kappa shape index (κ2) is 5.07. The Labute approximate surface area is 117 Å². The lowest BCUT2D eigenvalue weighted by Gasteiger charge is -2.05. The molecule has 0 aliphatic carbocycles. The summed E-state index contributed by atoms with van der Waals surface area (Å²) in [6, 6.07) is 3.58. The molecule has 2 aromatic heterocycles. The van der Waals surface area contributed by atoms with Crippen molar-refractivity contribution in [2.24, 2.45) is 0 Å². The highest BCUT2D eigenvalue weighted by atomic mass is 79.9. The number of thiophene rings is 1. The van der Waals surface area contributed by atoms with E-state index >= 15 is 0 Å². The summed E-state index contributed by atoms with van der Waals surface area (Å²) in [6.07, 6.45) is 1.51. The van der Waals surface area contributed by atoms with Gasteiger partial charge in [0.05, 0.1) is 21.2 Å². The van der Waals surface area contributed by atoms with Gasteiger partial charge in [-0.2, -0.15) is 0 Å². The Kier molecular flexibility index (Phi) is 3.68. The normalized spacial score (nSPS) is 10.4. The zero-order valence-electron chi connectivity index (χ0n) is 9.95. The van der Waals surface area contributed by atoms with Gasteiger partial charge in [-0.1, -0.05) is 0 Å². The first-order chi connectivity index (χ1) is 8.47. The Bertz CT molecular complexity index is 590. The number of amides is 1. The minimum Gasteiger partial charge on any atom is -0.397 e. The maximum atomic E-state index is 12.0. The van der Waals surface area contributed by atoms with Crippen LogP contribution in [0.2, 0.25) is 0 Å². The number of nitrogens with zero attached hydrogens (tertiary/aromatic N) is 1. The van der Waals surface area contributed by atoms with E-state index in [2.05, 4.69) is 26.2 Å². The number of rotatable bonds is 2. The van der Waals surface area contributed by atoms with Gasteiger partial charge in [0.2, 0.25) is 0 Å². The summed E-state index contributed by atoms with van der Waals surface area (Å²) >= 11 is 4.78. The molecular formula is C12H12BrN3OS. The molecule has 0 spiro atoms. The van der Waals surface area contributed by atoms with Gasteiger partial charge in [-0.3, -0.25) is 4.79 Å². The summed E-state index contributed by atoms with van der Waals surface area (Å²) in [5.41, 5.74) is 7.25. The zero-order valence-corrected chi connectivity index (χ0v) is 12.4. The van der Waals surface area contributed by atoms with Gasteiger partial charge in [-0.05, 0) is 47.5 Å². The maximum absolute atomic E-state index is 12.0. The van der Waals surface area contributed by atoms with Gasteiger partial charge in [0.15, 0.2) is 0 Å². The highest BCUT2D eigenvalue weighted by Crippen LogP contribution is 2.25. The summed E-state index contributed by atoms with van der Waals surface area (Å²) in [5, 5.41) is 2.75. The van der Waals surface area contributed by atoms with Crippen LogP contribution in [0.3, 0.4) is 0 Å². The molecule has 2 rings (SSSR count). The van der Waals surface area contributed by atoms with E-state index in [9.17, 15) is 4.79 Å². The summed E-state index contributed by atoms with van der Waals surface area (Å²) in [6.45, 7) is 3.98. The van der Waals surface area contributed by atoms with E-state index in [4.69, 9.17) is 5.73 Å². The number of hydrogen-bond acceptors (Lipinski definition) is 4. The Morgan fingerprint density at radius 1 is 1.44 bits per heavy atom. The van der Waals surface area contributed by atoms with Crippen molar-refractivity contribution in [3.05, 3.63) is 38.1 Å². The molecule has 6 heteroatoms. The topological polar surface area (TPSA) is 68.0 Å². The van der Waals surface area contributed by atoms with E-state index in [-0.39, 0.29) is 5.91 Å². The largest absolute Gasteiger partial charge is 0.397 e. The molecule has 0 bridgehead atoms. The molecule has 0 atom stereocenters. The predicted molar refractivity (Wildman–Crippen MR) is 78.1 cm³/mol. The molecule has 0 saturated heterocycles. The Hall–Kier alpha value is -1.40. The zero-order chi connectivity index (χ0) is 13.3. The van der Waals surface area contributed by atoms with Crippen LogP contribution in [0.4, 0.5) is 11.5 Å². The molecule has 94 valence electrons. The highest BCUT2D eigenvalue weighted by Gasteiger charge is 2.12. The van der Waals surface area contributed by atoms with Crippen LogP contribution in [0, 0.1) is 13.8 Å². The average Bonchev–Trinajstić information content (AvgIpc) is 2.63. The number of nitrogen functional groups attached to an aromatic ring is 1. The fraction of sp³-hybridized carbons (Fsp3) is 0.167. The molecule has 0 aliphatic rings. The maximum Gasteiger partial charge on any atom is 0.266 e. The first kappa shape index (κ1) is 13.0. The van der Waals surface area contributed by atoms with Crippen molar-refractivity contribution in [3.8, 4) is 0 Å². The van der Waals surface area contributed by atoms with Crippen molar-refractivity contribution in [2.45, 2.75) is 13.8 Å². The van der Waals surface area contributed by atoms with Crippen molar-refractivity contribution in [1.29, 1.82) is 0 Å². The molecule has 18 heavy (non-hydrogen) atoms. The molecule has 0 radical (unpaired) electrons. The number of pyridine rings is 1. The minimum absolute atomic E-state index is 0.158. The van der Waals surface area contributed by atoms with Gasteiger partial charge < -0.3 is 11.1 Å². The smallest absolute Gasteiger partial charge is 0.266 e. The van der Waals surface area contributed by atoms with E-state index in [1.165, 1.54) is 17.5 Å². The summed E-state index contributed by atoms with van der Waals surface area (Å²) in [5.74, 6) is 0.312. The van der Waals surface area contributed by atoms with Gasteiger partial charge >= 0.3 is 0 Å². The number of carbonyl (C=O) groups excluding carboxylic acids is 1. The average molecular weight is 326 g/mol. The van der Waals surface area contributed by atoms with Crippen LogP contribution in [0.15, 0.2) is 22.8 Å². The molecule has 1 amide bonds. The van der Waals surface area contributed by atoms with Crippen LogP contribution >= 0.6 is 27.3 Å². The SMILES string of the molecule is Cc1cc(C(=O)Nc2ncc(N)cc2Br)sc1C. The van der Waals surface area contributed by atoms with Crippen molar-refractivity contribution in [2.75, 3.05) is 11.1 Å². The monoisotopic (exact) mass is 325 g/mol. The van der Waals surface area contributed by atoms with E-state index in [0.717, 1.165) is 10.4 Å². The molecule has 0 aliphatic heterocycles. The van der Waals surface area contributed by atoms with Crippen molar-refractivity contribution in [3.63, 3.8) is 0 Å². The number of halogens is 1. The quantitative estimate of drug-likeness (QED) is 0.889. The molecule has 2 aromatic rings. The third kappa shape index (κ3) is 2.70. The second-order valence-corrected chi connectivity index (χ2v) is 6.01. The summed E-state index contributed by atoms with van der Waals surface area (Å²) in [4.78, 5) is 17.9. The molecule has 4 nitrogen and oxygen atoms in total. The van der Waals surface area contributed by atoms with Gasteiger partial charge in [-0.25, -0.2) is 4.98 Å². The van der Waals surface area contributed by atoms with Gasteiger partial charge in [0, 0.05) is 4.88 Å². The number of hydrogen-bond donors (Lipinski definition) is 2. The number of carbonyl (C=O) groups is 1. The van der Waals surface area contributed by atoms with E-state index in [1.807, 2.05) is 19.9 Å². The molecule has 2 heterocycles. The minimum atomic E-state index is -0.158. The van der Waals surface area contributed by atoms with Crippen LogP contribution in [0.5, 0.6) is 0 Å². The van der Waals surface area contributed by atoms with Crippen LogP contribution in [-0.2, 0) is 0 Å². The van der Waals surface area contributed by atoms with Crippen LogP contribution in [-0.4, -0.2) is 10.9 Å². The first-order valence-corrected chi connectivity index (χ1v) is 6.87. The number of nitrogens with two attached hydrogens (primary N) is 1. The molecule has 3 N–H and O–H groups in total. The number of aryl methyl sites for hydroxylation is 2. The first-order valence-electron chi connectivity index (χ1n) is 5.27. The van der Waals surface area contributed by atoms with Gasteiger partial charge in [0.25, 0.3) is 5.91 Å². The fourth-order valence-electron chi connectivity index (χ4n) is 1.40. The molecule has 0 aromatic carbocycles. The molecule has 0 saturated carbocycles. The van der Waals surface area contributed by atoms with Crippen LogP contribution < -0.4 is 11.1 Å². The van der Waals surface area contributed by atoms with Crippen LogP contribution in [0.25, 0.3) is 0 Å². The van der Waals surface area contributed by atoms with Crippen molar-refractivity contribution in [1.82, 2.24) is 4.98 Å².